The molecule has 154 valence electrons. The molecule has 7 nitrogen and oxygen atoms in total. The van der Waals surface area contributed by atoms with E-state index in [0.29, 0.717) is 45.1 Å². The fraction of sp³-hybridized carbons (Fsp3) is 0.238. The quantitative estimate of drug-likeness (QED) is 0.462. The van der Waals surface area contributed by atoms with E-state index in [0.717, 1.165) is 0 Å². The van der Waals surface area contributed by atoms with E-state index < -0.39 is 0 Å². The molecule has 1 aliphatic heterocycles. The SMILES string of the molecule is CC(C)CN1C(=O)/C(=C/c2c(NCc3ccco3)nc3ccccn3c2=O)SC1=S. The number of anilines is 1. The van der Waals surface area contributed by atoms with Gasteiger partial charge in [-0.05, 0) is 36.3 Å². The van der Waals surface area contributed by atoms with Crippen LogP contribution in [-0.2, 0) is 11.3 Å². The number of fused-ring (bicyclic) bond motifs is 1. The minimum absolute atomic E-state index is 0.187. The van der Waals surface area contributed by atoms with E-state index in [-0.39, 0.29) is 17.4 Å². The van der Waals surface area contributed by atoms with Crippen molar-refractivity contribution in [2.45, 2.75) is 20.4 Å². The van der Waals surface area contributed by atoms with Crippen LogP contribution >= 0.6 is 24.0 Å². The second kappa shape index (κ2) is 8.45. The number of thiocarbonyl (C=S) groups is 1. The van der Waals surface area contributed by atoms with Crippen molar-refractivity contribution >= 4 is 51.7 Å². The maximum absolute atomic E-state index is 13.2. The van der Waals surface area contributed by atoms with E-state index in [2.05, 4.69) is 10.3 Å². The Morgan fingerprint density at radius 3 is 2.83 bits per heavy atom. The average molecular weight is 441 g/mol. The number of hydrogen-bond acceptors (Lipinski definition) is 7. The third-order valence-corrected chi connectivity index (χ3v) is 5.85. The molecule has 1 N–H and O–H groups in total. The number of rotatable bonds is 6. The Morgan fingerprint density at radius 2 is 2.10 bits per heavy atom. The van der Waals surface area contributed by atoms with Gasteiger partial charge >= 0.3 is 0 Å². The highest BCUT2D eigenvalue weighted by molar-refractivity contribution is 8.26. The lowest BCUT2D eigenvalue weighted by atomic mass is 10.2. The molecule has 1 amide bonds. The summed E-state index contributed by atoms with van der Waals surface area (Å²) >= 11 is 6.58. The van der Waals surface area contributed by atoms with Crippen LogP contribution in [0.25, 0.3) is 11.7 Å². The van der Waals surface area contributed by atoms with E-state index in [4.69, 9.17) is 16.6 Å². The zero-order chi connectivity index (χ0) is 21.3. The van der Waals surface area contributed by atoms with Crippen LogP contribution in [-0.4, -0.2) is 31.1 Å². The molecular formula is C21H20N4O3S2. The van der Waals surface area contributed by atoms with Gasteiger partial charge in [0.2, 0.25) is 0 Å². The molecule has 3 aromatic heterocycles. The molecule has 4 rings (SSSR count). The van der Waals surface area contributed by atoms with Crippen LogP contribution in [0.5, 0.6) is 0 Å². The summed E-state index contributed by atoms with van der Waals surface area (Å²) in [6.45, 7) is 4.95. The van der Waals surface area contributed by atoms with Gasteiger partial charge < -0.3 is 9.73 Å². The van der Waals surface area contributed by atoms with Gasteiger partial charge in [-0.1, -0.05) is 43.9 Å². The third kappa shape index (κ3) is 4.03. The molecule has 0 radical (unpaired) electrons. The highest BCUT2D eigenvalue weighted by Gasteiger charge is 2.32. The number of nitrogens with one attached hydrogen (secondary N) is 1. The zero-order valence-electron chi connectivity index (χ0n) is 16.5. The summed E-state index contributed by atoms with van der Waals surface area (Å²) in [5.74, 6) is 1.19. The summed E-state index contributed by atoms with van der Waals surface area (Å²) in [5, 5.41) is 3.16. The minimum Gasteiger partial charge on any atom is -0.467 e. The fourth-order valence-electron chi connectivity index (χ4n) is 3.11. The summed E-state index contributed by atoms with van der Waals surface area (Å²) in [5.41, 5.74) is 0.543. The van der Waals surface area contributed by atoms with Crippen molar-refractivity contribution in [2.75, 3.05) is 11.9 Å². The molecule has 0 unspecified atom stereocenters. The smallest absolute Gasteiger partial charge is 0.267 e. The maximum atomic E-state index is 13.2. The first-order valence-electron chi connectivity index (χ1n) is 9.47. The number of thioether (sulfide) groups is 1. The Bertz CT molecular complexity index is 1200. The van der Waals surface area contributed by atoms with E-state index in [9.17, 15) is 9.59 Å². The molecule has 0 saturated carbocycles. The standard InChI is InChI=1S/C21H20N4O3S2/c1-13(2)12-25-20(27)16(30-21(25)29)10-15-18(22-11-14-6-5-9-28-14)23-17-7-3-4-8-24(17)19(15)26/h3-10,13,22H,11-12H2,1-2H3/b16-10-. The first kappa shape index (κ1) is 20.4. The van der Waals surface area contributed by atoms with Gasteiger partial charge in [0.1, 0.15) is 21.5 Å². The van der Waals surface area contributed by atoms with E-state index in [1.165, 1.54) is 16.2 Å². The summed E-state index contributed by atoms with van der Waals surface area (Å²) in [6.07, 6.45) is 4.82. The normalized spacial score (nSPS) is 15.7. The number of carbonyl (C=O) groups excluding carboxylic acids is 1. The molecule has 1 saturated heterocycles. The second-order valence-electron chi connectivity index (χ2n) is 7.23. The Morgan fingerprint density at radius 1 is 1.27 bits per heavy atom. The van der Waals surface area contributed by atoms with Crippen molar-refractivity contribution in [3.8, 4) is 0 Å². The predicted molar refractivity (Wildman–Crippen MR) is 122 cm³/mol. The molecular weight excluding hydrogens is 420 g/mol. The van der Waals surface area contributed by atoms with Crippen molar-refractivity contribution < 1.29 is 9.21 Å². The van der Waals surface area contributed by atoms with Crippen LogP contribution in [0.2, 0.25) is 0 Å². The summed E-state index contributed by atoms with van der Waals surface area (Å²) in [7, 11) is 0. The van der Waals surface area contributed by atoms with Gasteiger partial charge in [-0.15, -0.1) is 0 Å². The van der Waals surface area contributed by atoms with E-state index in [1.54, 1.807) is 41.6 Å². The highest BCUT2D eigenvalue weighted by Crippen LogP contribution is 2.33. The number of furan rings is 1. The van der Waals surface area contributed by atoms with Crippen LogP contribution < -0.4 is 10.9 Å². The number of hydrogen-bond donors (Lipinski definition) is 1. The number of pyridine rings is 1. The number of amides is 1. The molecule has 9 heteroatoms. The van der Waals surface area contributed by atoms with Gasteiger partial charge in [-0.2, -0.15) is 0 Å². The van der Waals surface area contributed by atoms with Crippen LogP contribution in [0, 0.1) is 5.92 Å². The van der Waals surface area contributed by atoms with Crippen molar-refractivity contribution in [2.24, 2.45) is 5.92 Å². The summed E-state index contributed by atoms with van der Waals surface area (Å²) in [4.78, 5) is 32.6. The topological polar surface area (TPSA) is 79.8 Å². The molecule has 0 atom stereocenters. The van der Waals surface area contributed by atoms with Gasteiger partial charge in [0, 0.05) is 12.7 Å². The molecule has 30 heavy (non-hydrogen) atoms. The third-order valence-electron chi connectivity index (χ3n) is 4.48. The highest BCUT2D eigenvalue weighted by atomic mass is 32.2. The zero-order valence-corrected chi connectivity index (χ0v) is 18.1. The lowest BCUT2D eigenvalue weighted by Gasteiger charge is -2.16. The molecule has 4 heterocycles. The molecule has 0 aromatic carbocycles. The Hall–Kier alpha value is -2.91. The molecule has 0 bridgehead atoms. The maximum Gasteiger partial charge on any atom is 0.267 e. The van der Waals surface area contributed by atoms with E-state index in [1.807, 2.05) is 26.0 Å². The lowest BCUT2D eigenvalue weighted by molar-refractivity contribution is -0.122. The monoisotopic (exact) mass is 440 g/mol. The van der Waals surface area contributed by atoms with Gasteiger partial charge in [0.05, 0.1) is 23.3 Å². The molecule has 0 aliphatic carbocycles. The van der Waals surface area contributed by atoms with Crippen molar-refractivity contribution in [1.82, 2.24) is 14.3 Å². The van der Waals surface area contributed by atoms with Gasteiger partial charge in [-0.3, -0.25) is 18.9 Å². The van der Waals surface area contributed by atoms with Gasteiger partial charge in [0.25, 0.3) is 11.5 Å². The Kier molecular flexibility index (Phi) is 5.74. The lowest BCUT2D eigenvalue weighted by Crippen LogP contribution is -2.31. The van der Waals surface area contributed by atoms with Crippen LogP contribution in [0.15, 0.2) is 56.9 Å². The Balaban J connectivity index is 1.76. The van der Waals surface area contributed by atoms with Crippen LogP contribution in [0.3, 0.4) is 0 Å². The summed E-state index contributed by atoms with van der Waals surface area (Å²) in [6, 6.07) is 8.95. The first-order valence-corrected chi connectivity index (χ1v) is 10.7. The fourth-order valence-corrected chi connectivity index (χ4v) is 4.36. The van der Waals surface area contributed by atoms with Crippen molar-refractivity contribution in [1.29, 1.82) is 0 Å². The number of carbonyl (C=O) groups is 1. The molecule has 3 aromatic rings. The number of nitrogens with zero attached hydrogens (tertiary/aromatic N) is 3. The molecule has 1 fully saturated rings. The number of aromatic nitrogens is 2. The Labute approximate surface area is 182 Å². The van der Waals surface area contributed by atoms with Crippen molar-refractivity contribution in [3.63, 3.8) is 0 Å². The van der Waals surface area contributed by atoms with Crippen LogP contribution in [0.1, 0.15) is 25.2 Å². The largest absolute Gasteiger partial charge is 0.467 e. The molecule has 0 spiro atoms. The van der Waals surface area contributed by atoms with Crippen LogP contribution in [0.4, 0.5) is 5.82 Å². The van der Waals surface area contributed by atoms with Gasteiger partial charge in [0.15, 0.2) is 0 Å². The average Bonchev–Trinajstić information content (AvgIpc) is 3.33. The van der Waals surface area contributed by atoms with Gasteiger partial charge in [-0.25, -0.2) is 4.98 Å². The van der Waals surface area contributed by atoms with E-state index >= 15 is 0 Å². The second-order valence-corrected chi connectivity index (χ2v) is 8.90. The van der Waals surface area contributed by atoms with Crippen molar-refractivity contribution in [3.05, 3.63) is 69.4 Å². The minimum atomic E-state index is -0.267. The molecule has 1 aliphatic rings. The predicted octanol–water partition coefficient (Wildman–Crippen LogP) is 3.76. The first-order chi connectivity index (χ1) is 14.4. The summed E-state index contributed by atoms with van der Waals surface area (Å²) < 4.78 is 7.31.